The van der Waals surface area contributed by atoms with E-state index in [0.717, 1.165) is 36.6 Å². The minimum Gasteiger partial charge on any atom is -0.478 e. The molecule has 162 valence electrons. The zero-order chi connectivity index (χ0) is 22.4. The molecule has 4 rings (SSSR count). The fraction of sp³-hybridized carbons (Fsp3) is 0.217. The standard InChI is InChI=1S/C19H19FN2S.C4H4O4/c1-21-8-10-22(11-9-21)17-12-14-4-2-3-5-18(14)23-19-13-15(20)6-7-16(17)19;5-3(6)1-2-4(7)8/h2-7,12-13H,8-11H2,1H3;1-2H,(H,5,6)(H,7,8). The zero-order valence-electron chi connectivity index (χ0n) is 17.0. The Hall–Kier alpha value is -3.10. The number of hydrogen-bond donors (Lipinski definition) is 2. The lowest BCUT2D eigenvalue weighted by Gasteiger charge is -2.36. The van der Waals surface area contributed by atoms with Gasteiger partial charge in [0.15, 0.2) is 0 Å². The van der Waals surface area contributed by atoms with Gasteiger partial charge >= 0.3 is 11.9 Å². The Morgan fingerprint density at radius 3 is 2.26 bits per heavy atom. The van der Waals surface area contributed by atoms with Crippen LogP contribution in [0.3, 0.4) is 0 Å². The summed E-state index contributed by atoms with van der Waals surface area (Å²) in [7, 11) is 2.16. The first-order chi connectivity index (χ1) is 14.8. The Balaban J connectivity index is 0.000000293. The average molecular weight is 443 g/mol. The van der Waals surface area contributed by atoms with Crippen LogP contribution in [-0.4, -0.2) is 65.2 Å². The van der Waals surface area contributed by atoms with E-state index in [1.165, 1.54) is 16.2 Å². The van der Waals surface area contributed by atoms with Crippen LogP contribution in [-0.2, 0) is 9.59 Å². The molecule has 0 atom stereocenters. The van der Waals surface area contributed by atoms with Gasteiger partial charge in [-0.25, -0.2) is 14.0 Å². The lowest BCUT2D eigenvalue weighted by atomic mass is 10.1. The van der Waals surface area contributed by atoms with Gasteiger partial charge in [-0.05, 0) is 43.0 Å². The average Bonchev–Trinajstić information content (AvgIpc) is 2.89. The third-order valence-corrected chi connectivity index (χ3v) is 6.01. The molecule has 2 aromatic rings. The molecule has 2 aliphatic heterocycles. The van der Waals surface area contributed by atoms with E-state index in [9.17, 15) is 14.0 Å². The van der Waals surface area contributed by atoms with Crippen molar-refractivity contribution in [1.82, 2.24) is 9.80 Å². The molecule has 0 saturated carbocycles. The maximum Gasteiger partial charge on any atom is 0.328 e. The van der Waals surface area contributed by atoms with E-state index >= 15 is 0 Å². The van der Waals surface area contributed by atoms with Gasteiger partial charge in [-0.3, -0.25) is 0 Å². The maximum absolute atomic E-state index is 13.8. The van der Waals surface area contributed by atoms with Gasteiger partial charge in [0.25, 0.3) is 0 Å². The summed E-state index contributed by atoms with van der Waals surface area (Å²) in [6.07, 6.45) is 3.38. The van der Waals surface area contributed by atoms with Crippen molar-refractivity contribution < 1.29 is 24.2 Å². The second-order valence-electron chi connectivity index (χ2n) is 7.11. The summed E-state index contributed by atoms with van der Waals surface area (Å²) in [5.41, 5.74) is 3.56. The Morgan fingerprint density at radius 2 is 1.61 bits per heavy atom. The second kappa shape index (κ2) is 10.3. The van der Waals surface area contributed by atoms with E-state index in [-0.39, 0.29) is 5.82 Å². The van der Waals surface area contributed by atoms with E-state index in [1.807, 2.05) is 12.1 Å². The first kappa shape index (κ1) is 22.6. The summed E-state index contributed by atoms with van der Waals surface area (Å²) in [6, 6.07) is 13.5. The number of likely N-dealkylation sites (N-methyl/N-ethyl adjacent to an activating group) is 1. The van der Waals surface area contributed by atoms with Gasteiger partial charge in [0, 0.05) is 59.4 Å². The SMILES string of the molecule is CN1CCN(C2=Cc3ccccc3Sc3cc(F)ccc32)CC1.O=C(O)C=CC(=O)O. The number of nitrogens with zero attached hydrogens (tertiary/aromatic N) is 2. The molecular formula is C23H23FN2O4S. The van der Waals surface area contributed by atoms with E-state index in [0.29, 0.717) is 12.2 Å². The first-order valence-corrected chi connectivity index (χ1v) is 10.5. The van der Waals surface area contributed by atoms with Crippen molar-refractivity contribution in [1.29, 1.82) is 0 Å². The van der Waals surface area contributed by atoms with Crippen molar-refractivity contribution in [3.8, 4) is 0 Å². The van der Waals surface area contributed by atoms with Crippen LogP contribution >= 0.6 is 11.8 Å². The molecule has 8 heteroatoms. The topological polar surface area (TPSA) is 81.1 Å². The molecule has 1 fully saturated rings. The summed E-state index contributed by atoms with van der Waals surface area (Å²) in [6.45, 7) is 4.13. The molecule has 0 aromatic heterocycles. The molecule has 0 unspecified atom stereocenters. The summed E-state index contributed by atoms with van der Waals surface area (Å²) in [5, 5.41) is 15.6. The molecular weight excluding hydrogens is 419 g/mol. The third kappa shape index (κ3) is 6.19. The lowest BCUT2D eigenvalue weighted by molar-refractivity contribution is -0.134. The van der Waals surface area contributed by atoms with Gasteiger partial charge in [-0.1, -0.05) is 30.0 Å². The molecule has 0 amide bonds. The lowest BCUT2D eigenvalue weighted by Crippen LogP contribution is -2.43. The Morgan fingerprint density at radius 1 is 0.968 bits per heavy atom. The van der Waals surface area contributed by atoms with Crippen molar-refractivity contribution in [3.05, 3.63) is 71.6 Å². The number of carbonyl (C=O) groups is 2. The Kier molecular flexibility index (Phi) is 7.49. The highest BCUT2D eigenvalue weighted by atomic mass is 32.2. The number of piperazine rings is 1. The molecule has 1 saturated heterocycles. The summed E-state index contributed by atoms with van der Waals surface area (Å²) < 4.78 is 13.8. The van der Waals surface area contributed by atoms with E-state index < -0.39 is 11.9 Å². The predicted octanol–water partition coefficient (Wildman–Crippen LogP) is 3.75. The smallest absolute Gasteiger partial charge is 0.328 e. The van der Waals surface area contributed by atoms with Gasteiger partial charge in [0.1, 0.15) is 5.82 Å². The summed E-state index contributed by atoms with van der Waals surface area (Å²) in [5.74, 6) is -2.69. The highest BCUT2D eigenvalue weighted by Crippen LogP contribution is 2.41. The van der Waals surface area contributed by atoms with Gasteiger partial charge in [0.05, 0.1) is 0 Å². The number of benzene rings is 2. The first-order valence-electron chi connectivity index (χ1n) is 9.69. The highest BCUT2D eigenvalue weighted by molar-refractivity contribution is 7.99. The van der Waals surface area contributed by atoms with Crippen LogP contribution in [0.1, 0.15) is 11.1 Å². The van der Waals surface area contributed by atoms with Crippen LogP contribution in [0.25, 0.3) is 11.8 Å². The number of carboxylic acid groups (broad SMARTS) is 2. The molecule has 31 heavy (non-hydrogen) atoms. The van der Waals surface area contributed by atoms with Crippen LogP contribution in [0, 0.1) is 5.82 Å². The van der Waals surface area contributed by atoms with E-state index in [4.69, 9.17) is 10.2 Å². The number of rotatable bonds is 3. The van der Waals surface area contributed by atoms with Gasteiger partial charge < -0.3 is 20.0 Å². The molecule has 6 nitrogen and oxygen atoms in total. The number of aliphatic carboxylic acids is 2. The second-order valence-corrected chi connectivity index (χ2v) is 8.19. The molecule has 2 heterocycles. The van der Waals surface area contributed by atoms with Gasteiger partial charge in [-0.2, -0.15) is 0 Å². The van der Waals surface area contributed by atoms with Crippen LogP contribution < -0.4 is 0 Å². The fourth-order valence-electron chi connectivity index (χ4n) is 3.28. The molecule has 0 aliphatic carbocycles. The normalized spacial score (nSPS) is 15.8. The molecule has 0 bridgehead atoms. The molecule has 0 radical (unpaired) electrons. The number of fused-ring (bicyclic) bond motifs is 2. The third-order valence-electron chi connectivity index (χ3n) is 4.86. The van der Waals surface area contributed by atoms with Crippen molar-refractivity contribution in [2.45, 2.75) is 9.79 Å². The monoisotopic (exact) mass is 442 g/mol. The number of halogens is 1. The molecule has 0 spiro atoms. The maximum atomic E-state index is 13.8. The largest absolute Gasteiger partial charge is 0.478 e. The predicted molar refractivity (Wildman–Crippen MR) is 118 cm³/mol. The Labute approximate surface area is 184 Å². The van der Waals surface area contributed by atoms with Crippen LogP contribution in [0.2, 0.25) is 0 Å². The minimum atomic E-state index is -1.26. The number of carboxylic acids is 2. The summed E-state index contributed by atoms with van der Waals surface area (Å²) in [4.78, 5) is 26.1. The fourth-order valence-corrected chi connectivity index (χ4v) is 4.36. The molecule has 2 aromatic carbocycles. The highest BCUT2D eigenvalue weighted by Gasteiger charge is 2.23. The zero-order valence-corrected chi connectivity index (χ0v) is 17.8. The van der Waals surface area contributed by atoms with E-state index in [1.54, 1.807) is 23.9 Å². The van der Waals surface area contributed by atoms with Crippen molar-refractivity contribution in [3.63, 3.8) is 0 Å². The minimum absolute atomic E-state index is 0.173. The Bertz CT molecular complexity index is 1010. The molecule has 2 aliphatic rings. The van der Waals surface area contributed by atoms with Gasteiger partial charge in [0.2, 0.25) is 0 Å². The van der Waals surface area contributed by atoms with Crippen molar-refractivity contribution in [2.75, 3.05) is 33.2 Å². The van der Waals surface area contributed by atoms with Crippen molar-refractivity contribution >= 4 is 35.5 Å². The van der Waals surface area contributed by atoms with Crippen LogP contribution in [0.4, 0.5) is 4.39 Å². The molecule has 2 N–H and O–H groups in total. The summed E-state index contributed by atoms with van der Waals surface area (Å²) >= 11 is 1.66. The van der Waals surface area contributed by atoms with Crippen molar-refractivity contribution in [2.24, 2.45) is 0 Å². The van der Waals surface area contributed by atoms with Crippen LogP contribution in [0.15, 0.2) is 64.4 Å². The number of hydrogen-bond acceptors (Lipinski definition) is 5. The van der Waals surface area contributed by atoms with Crippen LogP contribution in [0.5, 0.6) is 0 Å². The quantitative estimate of drug-likeness (QED) is 0.701. The van der Waals surface area contributed by atoms with E-state index in [2.05, 4.69) is 41.1 Å². The van der Waals surface area contributed by atoms with Gasteiger partial charge in [-0.15, -0.1) is 0 Å².